The highest BCUT2D eigenvalue weighted by molar-refractivity contribution is 7.80. The highest BCUT2D eigenvalue weighted by Gasteiger charge is 2.04. The average molecular weight is 241 g/mol. The minimum Gasteiger partial charge on any atom is -0.493 e. The van der Waals surface area contributed by atoms with Gasteiger partial charge in [-0.1, -0.05) is 6.07 Å². The number of ether oxygens (including phenoxy) is 2. The van der Waals surface area contributed by atoms with Crippen molar-refractivity contribution in [2.75, 3.05) is 33.7 Å². The fourth-order valence-corrected chi connectivity index (χ4v) is 1.57. The lowest BCUT2D eigenvalue weighted by Gasteiger charge is -2.14. The molecule has 1 aromatic carbocycles. The number of hydrogen-bond donors (Lipinski definition) is 1. The third kappa shape index (κ3) is 3.61. The molecule has 0 aliphatic heterocycles. The molecule has 0 bridgehead atoms. The second kappa shape index (κ2) is 6.66. The fraction of sp³-hybridized carbons (Fsp3) is 0.500. The smallest absolute Gasteiger partial charge is 0.160 e. The standard InChI is InChI=1S/C12H19NO2S/c1-13(9-16)7-6-10-4-5-11(14-2)12(8-10)15-3/h4-5,8,16H,6-7,9H2,1-3H3. The predicted octanol–water partition coefficient (Wildman–Crippen LogP) is 2.07. The summed E-state index contributed by atoms with van der Waals surface area (Å²) >= 11 is 4.21. The minimum absolute atomic E-state index is 0.771. The van der Waals surface area contributed by atoms with Crippen molar-refractivity contribution in [3.8, 4) is 11.5 Å². The molecule has 0 saturated carbocycles. The Kier molecular flexibility index (Phi) is 5.49. The number of methoxy groups -OCH3 is 2. The van der Waals surface area contributed by atoms with Crippen molar-refractivity contribution in [1.29, 1.82) is 0 Å². The topological polar surface area (TPSA) is 21.7 Å². The van der Waals surface area contributed by atoms with Crippen LogP contribution in [0.25, 0.3) is 0 Å². The zero-order valence-corrected chi connectivity index (χ0v) is 11.0. The number of rotatable bonds is 6. The highest BCUT2D eigenvalue weighted by Crippen LogP contribution is 2.27. The first-order chi connectivity index (χ1) is 7.71. The van der Waals surface area contributed by atoms with Crippen LogP contribution in [0.2, 0.25) is 0 Å². The van der Waals surface area contributed by atoms with Crippen molar-refractivity contribution in [2.24, 2.45) is 0 Å². The Balaban J connectivity index is 2.67. The average Bonchev–Trinajstić information content (AvgIpc) is 2.35. The van der Waals surface area contributed by atoms with E-state index in [1.54, 1.807) is 14.2 Å². The van der Waals surface area contributed by atoms with Crippen molar-refractivity contribution < 1.29 is 9.47 Å². The van der Waals surface area contributed by atoms with Gasteiger partial charge in [-0.25, -0.2) is 0 Å². The van der Waals surface area contributed by atoms with E-state index < -0.39 is 0 Å². The summed E-state index contributed by atoms with van der Waals surface area (Å²) in [4.78, 5) is 2.15. The number of nitrogens with zero attached hydrogens (tertiary/aromatic N) is 1. The van der Waals surface area contributed by atoms with E-state index in [-0.39, 0.29) is 0 Å². The molecule has 1 rings (SSSR count). The van der Waals surface area contributed by atoms with Gasteiger partial charge in [-0.05, 0) is 31.2 Å². The van der Waals surface area contributed by atoms with E-state index in [4.69, 9.17) is 9.47 Å². The Morgan fingerprint density at radius 3 is 2.44 bits per heavy atom. The molecule has 0 unspecified atom stereocenters. The van der Waals surface area contributed by atoms with Crippen molar-refractivity contribution in [2.45, 2.75) is 6.42 Å². The van der Waals surface area contributed by atoms with E-state index in [9.17, 15) is 0 Å². The summed E-state index contributed by atoms with van der Waals surface area (Å²) in [6.45, 7) is 0.985. The van der Waals surface area contributed by atoms with E-state index >= 15 is 0 Å². The quantitative estimate of drug-likeness (QED) is 0.608. The Labute approximate surface area is 103 Å². The van der Waals surface area contributed by atoms with Gasteiger partial charge < -0.3 is 9.47 Å². The zero-order valence-electron chi connectivity index (χ0n) is 10.1. The van der Waals surface area contributed by atoms with Gasteiger partial charge in [0.25, 0.3) is 0 Å². The molecule has 0 saturated heterocycles. The maximum atomic E-state index is 5.26. The fourth-order valence-electron chi connectivity index (χ4n) is 1.43. The molecule has 0 spiro atoms. The molecule has 0 N–H and O–H groups in total. The van der Waals surface area contributed by atoms with Crippen LogP contribution in [0, 0.1) is 0 Å². The van der Waals surface area contributed by atoms with Gasteiger partial charge in [-0.3, -0.25) is 4.90 Å². The molecule has 0 aromatic heterocycles. The predicted molar refractivity (Wildman–Crippen MR) is 69.7 cm³/mol. The van der Waals surface area contributed by atoms with Gasteiger partial charge >= 0.3 is 0 Å². The van der Waals surface area contributed by atoms with Gasteiger partial charge in [0.15, 0.2) is 11.5 Å². The first-order valence-corrected chi connectivity index (χ1v) is 5.84. The maximum Gasteiger partial charge on any atom is 0.160 e. The van der Waals surface area contributed by atoms with E-state index in [1.807, 2.05) is 19.2 Å². The molecule has 0 aliphatic carbocycles. The van der Waals surface area contributed by atoms with Crippen molar-refractivity contribution in [3.63, 3.8) is 0 Å². The van der Waals surface area contributed by atoms with Crippen LogP contribution in [0.1, 0.15) is 5.56 Å². The van der Waals surface area contributed by atoms with E-state index in [1.165, 1.54) is 5.56 Å². The molecular formula is C12H19NO2S. The van der Waals surface area contributed by atoms with Gasteiger partial charge in [0.05, 0.1) is 14.2 Å². The lowest BCUT2D eigenvalue weighted by molar-refractivity contribution is 0.354. The van der Waals surface area contributed by atoms with Crippen LogP contribution in [0.3, 0.4) is 0 Å². The molecule has 0 amide bonds. The molecule has 4 heteroatoms. The Hall–Kier alpha value is -0.870. The first-order valence-electron chi connectivity index (χ1n) is 5.21. The molecular weight excluding hydrogens is 222 g/mol. The Morgan fingerprint density at radius 2 is 1.88 bits per heavy atom. The van der Waals surface area contributed by atoms with E-state index in [0.717, 1.165) is 30.3 Å². The van der Waals surface area contributed by atoms with Crippen LogP contribution in [0.5, 0.6) is 11.5 Å². The number of benzene rings is 1. The largest absolute Gasteiger partial charge is 0.493 e. The van der Waals surface area contributed by atoms with Crippen LogP contribution in [0.15, 0.2) is 18.2 Å². The Bertz CT molecular complexity index is 331. The van der Waals surface area contributed by atoms with Crippen LogP contribution < -0.4 is 9.47 Å². The summed E-state index contributed by atoms with van der Waals surface area (Å²) in [6, 6.07) is 6.02. The summed E-state index contributed by atoms with van der Waals surface area (Å²) in [5.74, 6) is 2.33. The molecule has 0 atom stereocenters. The zero-order chi connectivity index (χ0) is 12.0. The second-order valence-electron chi connectivity index (χ2n) is 3.66. The SMILES string of the molecule is COc1ccc(CCN(C)CS)cc1OC. The third-order valence-corrected chi connectivity index (χ3v) is 2.95. The molecule has 1 aromatic rings. The lowest BCUT2D eigenvalue weighted by Crippen LogP contribution is -2.19. The van der Waals surface area contributed by atoms with Crippen LogP contribution >= 0.6 is 12.6 Å². The summed E-state index contributed by atoms with van der Waals surface area (Å²) in [7, 11) is 5.35. The molecule has 3 nitrogen and oxygen atoms in total. The molecule has 0 heterocycles. The van der Waals surface area contributed by atoms with Gasteiger partial charge in [0, 0.05) is 12.4 Å². The molecule has 0 fully saturated rings. The minimum atomic E-state index is 0.771. The van der Waals surface area contributed by atoms with Gasteiger partial charge in [-0.15, -0.1) is 0 Å². The molecule has 90 valence electrons. The van der Waals surface area contributed by atoms with Gasteiger partial charge in [-0.2, -0.15) is 12.6 Å². The van der Waals surface area contributed by atoms with E-state index in [2.05, 4.69) is 23.6 Å². The third-order valence-electron chi connectivity index (χ3n) is 2.47. The summed E-state index contributed by atoms with van der Waals surface area (Å²) in [5.41, 5.74) is 1.24. The van der Waals surface area contributed by atoms with Crippen LogP contribution in [-0.4, -0.2) is 38.6 Å². The normalized spacial score (nSPS) is 10.6. The van der Waals surface area contributed by atoms with Crippen LogP contribution in [0.4, 0.5) is 0 Å². The monoisotopic (exact) mass is 241 g/mol. The van der Waals surface area contributed by atoms with Crippen LogP contribution in [-0.2, 0) is 6.42 Å². The second-order valence-corrected chi connectivity index (χ2v) is 3.94. The first kappa shape index (κ1) is 13.2. The maximum absolute atomic E-state index is 5.26. The summed E-state index contributed by atoms with van der Waals surface area (Å²) < 4.78 is 10.4. The van der Waals surface area contributed by atoms with Gasteiger partial charge in [0.1, 0.15) is 0 Å². The number of likely N-dealkylation sites (N-methyl/N-ethyl adjacent to an activating group) is 1. The lowest BCUT2D eigenvalue weighted by atomic mass is 10.1. The van der Waals surface area contributed by atoms with E-state index in [0.29, 0.717) is 0 Å². The molecule has 0 radical (unpaired) electrons. The highest BCUT2D eigenvalue weighted by atomic mass is 32.1. The van der Waals surface area contributed by atoms with Crippen molar-refractivity contribution >= 4 is 12.6 Å². The summed E-state index contributed by atoms with van der Waals surface area (Å²) in [6.07, 6.45) is 0.984. The van der Waals surface area contributed by atoms with Gasteiger partial charge in [0.2, 0.25) is 0 Å². The molecule has 16 heavy (non-hydrogen) atoms. The van der Waals surface area contributed by atoms with Crippen molar-refractivity contribution in [1.82, 2.24) is 4.90 Å². The van der Waals surface area contributed by atoms with Crippen molar-refractivity contribution in [3.05, 3.63) is 23.8 Å². The number of hydrogen-bond acceptors (Lipinski definition) is 4. The Morgan fingerprint density at radius 1 is 1.19 bits per heavy atom. The number of thiol groups is 1. The summed E-state index contributed by atoms with van der Waals surface area (Å²) in [5, 5.41) is 0. The molecule has 0 aliphatic rings.